The van der Waals surface area contributed by atoms with Gasteiger partial charge in [-0.2, -0.15) is 0 Å². The van der Waals surface area contributed by atoms with Crippen molar-refractivity contribution in [3.8, 4) is 0 Å². The van der Waals surface area contributed by atoms with E-state index in [4.69, 9.17) is 11.6 Å². The molecule has 0 bridgehead atoms. The number of hydrogen-bond acceptors (Lipinski definition) is 1. The molecule has 0 N–H and O–H groups in total. The maximum atomic E-state index is 6.21. The summed E-state index contributed by atoms with van der Waals surface area (Å²) in [6.45, 7) is 3.08. The highest BCUT2D eigenvalue weighted by molar-refractivity contribution is 6.31. The van der Waals surface area contributed by atoms with Crippen LogP contribution >= 0.6 is 11.6 Å². The minimum Gasteiger partial charge on any atom is -0.299 e. The van der Waals surface area contributed by atoms with Crippen LogP contribution in [0.25, 0.3) is 0 Å². The van der Waals surface area contributed by atoms with Crippen molar-refractivity contribution in [2.24, 2.45) is 0 Å². The molecule has 0 amide bonds. The van der Waals surface area contributed by atoms with E-state index in [1.807, 2.05) is 0 Å². The molecule has 2 rings (SSSR count). The van der Waals surface area contributed by atoms with Crippen LogP contribution in [0.2, 0.25) is 5.02 Å². The summed E-state index contributed by atoms with van der Waals surface area (Å²) in [5, 5.41) is 0.892. The van der Waals surface area contributed by atoms with Gasteiger partial charge < -0.3 is 0 Å². The Morgan fingerprint density at radius 1 is 1.11 bits per heavy atom. The Kier molecular flexibility index (Phi) is 5.72. The topological polar surface area (TPSA) is 3.24 Å². The number of benzene rings is 1. The summed E-state index contributed by atoms with van der Waals surface area (Å²) in [5.74, 6) is 0. The quantitative estimate of drug-likeness (QED) is 0.736. The lowest BCUT2D eigenvalue weighted by atomic mass is 9.95. The monoisotopic (exact) mass is 279 g/mol. The van der Waals surface area contributed by atoms with Crippen LogP contribution in [0, 0.1) is 6.92 Å². The molecule has 0 spiro atoms. The summed E-state index contributed by atoms with van der Waals surface area (Å²) in [7, 11) is 2.26. The normalized spacial score (nSPS) is 18.3. The first-order valence-electron chi connectivity index (χ1n) is 7.62. The van der Waals surface area contributed by atoms with Crippen molar-refractivity contribution in [1.29, 1.82) is 0 Å². The molecule has 1 fully saturated rings. The summed E-state index contributed by atoms with van der Waals surface area (Å²) in [5.41, 5.74) is 2.50. The third-order valence-electron chi connectivity index (χ3n) is 4.37. The lowest BCUT2D eigenvalue weighted by Gasteiger charge is -2.29. The SMILES string of the molecule is Cc1ccc(CN(C)C2CCCCCCC2)cc1Cl. The van der Waals surface area contributed by atoms with Gasteiger partial charge in [0.1, 0.15) is 0 Å². The number of hydrogen-bond donors (Lipinski definition) is 0. The molecule has 0 atom stereocenters. The van der Waals surface area contributed by atoms with Crippen molar-refractivity contribution < 1.29 is 0 Å². The summed E-state index contributed by atoms with van der Waals surface area (Å²) < 4.78 is 0. The van der Waals surface area contributed by atoms with Gasteiger partial charge in [-0.05, 0) is 44.0 Å². The predicted molar refractivity (Wildman–Crippen MR) is 83.8 cm³/mol. The Morgan fingerprint density at radius 3 is 2.37 bits per heavy atom. The molecule has 0 aromatic heterocycles. The summed E-state index contributed by atoms with van der Waals surface area (Å²) in [6.07, 6.45) is 9.77. The highest BCUT2D eigenvalue weighted by atomic mass is 35.5. The zero-order valence-electron chi connectivity index (χ0n) is 12.3. The van der Waals surface area contributed by atoms with E-state index in [9.17, 15) is 0 Å². The van der Waals surface area contributed by atoms with Crippen molar-refractivity contribution in [3.63, 3.8) is 0 Å². The maximum Gasteiger partial charge on any atom is 0.0438 e. The number of aryl methyl sites for hydroxylation is 1. The standard InChI is InChI=1S/C17H26ClN/c1-14-10-11-15(12-17(14)18)13-19(2)16-8-6-4-3-5-7-9-16/h10-12,16H,3-9,13H2,1-2H3. The van der Waals surface area contributed by atoms with Crippen LogP contribution in [-0.4, -0.2) is 18.0 Å². The Balaban J connectivity index is 1.94. The highest BCUT2D eigenvalue weighted by Crippen LogP contribution is 2.23. The van der Waals surface area contributed by atoms with Gasteiger partial charge in [0.2, 0.25) is 0 Å². The minimum absolute atomic E-state index is 0.750. The number of halogens is 1. The van der Waals surface area contributed by atoms with Crippen LogP contribution in [-0.2, 0) is 6.54 Å². The Bertz CT molecular complexity index is 394. The Labute approximate surface area is 123 Å². The molecule has 1 aliphatic rings. The van der Waals surface area contributed by atoms with E-state index in [1.165, 1.54) is 56.1 Å². The fraction of sp³-hybridized carbons (Fsp3) is 0.647. The Hall–Kier alpha value is -0.530. The van der Waals surface area contributed by atoms with Crippen LogP contribution in [0.5, 0.6) is 0 Å². The first-order valence-corrected chi connectivity index (χ1v) is 8.00. The van der Waals surface area contributed by atoms with Gasteiger partial charge in [-0.15, -0.1) is 0 Å². The van der Waals surface area contributed by atoms with Crippen molar-refractivity contribution in [3.05, 3.63) is 34.3 Å². The molecule has 1 saturated carbocycles. The summed E-state index contributed by atoms with van der Waals surface area (Å²) in [6, 6.07) is 7.21. The van der Waals surface area contributed by atoms with Gasteiger partial charge in [0.25, 0.3) is 0 Å². The van der Waals surface area contributed by atoms with Crippen molar-refractivity contribution in [2.45, 2.75) is 64.5 Å². The van der Waals surface area contributed by atoms with Crippen LogP contribution in [0.15, 0.2) is 18.2 Å². The van der Waals surface area contributed by atoms with E-state index in [-0.39, 0.29) is 0 Å². The molecule has 2 heteroatoms. The first kappa shape index (κ1) is 14.9. The zero-order valence-corrected chi connectivity index (χ0v) is 13.0. The summed E-state index contributed by atoms with van der Waals surface area (Å²) >= 11 is 6.21. The zero-order chi connectivity index (χ0) is 13.7. The van der Waals surface area contributed by atoms with E-state index >= 15 is 0 Å². The lowest BCUT2D eigenvalue weighted by molar-refractivity contribution is 0.196. The van der Waals surface area contributed by atoms with Crippen LogP contribution < -0.4 is 0 Å². The smallest absolute Gasteiger partial charge is 0.0438 e. The molecule has 0 radical (unpaired) electrons. The van der Waals surface area contributed by atoms with E-state index in [0.29, 0.717) is 0 Å². The molecule has 0 aliphatic heterocycles. The van der Waals surface area contributed by atoms with Gasteiger partial charge in [0.15, 0.2) is 0 Å². The van der Waals surface area contributed by atoms with Crippen LogP contribution in [0.3, 0.4) is 0 Å². The van der Waals surface area contributed by atoms with E-state index in [2.05, 4.69) is 37.1 Å². The van der Waals surface area contributed by atoms with Gasteiger partial charge in [0.05, 0.1) is 0 Å². The van der Waals surface area contributed by atoms with E-state index < -0.39 is 0 Å². The second-order valence-electron chi connectivity index (χ2n) is 6.00. The van der Waals surface area contributed by atoms with Gasteiger partial charge >= 0.3 is 0 Å². The highest BCUT2D eigenvalue weighted by Gasteiger charge is 2.16. The minimum atomic E-state index is 0.750. The molecule has 1 aliphatic carbocycles. The molecule has 19 heavy (non-hydrogen) atoms. The molecule has 0 unspecified atom stereocenters. The number of rotatable bonds is 3. The summed E-state index contributed by atoms with van der Waals surface area (Å²) in [4.78, 5) is 2.52. The second-order valence-corrected chi connectivity index (χ2v) is 6.40. The molecular weight excluding hydrogens is 254 g/mol. The van der Waals surface area contributed by atoms with Crippen molar-refractivity contribution in [2.75, 3.05) is 7.05 Å². The first-order chi connectivity index (χ1) is 9.16. The van der Waals surface area contributed by atoms with Crippen LogP contribution in [0.1, 0.15) is 56.1 Å². The van der Waals surface area contributed by atoms with Crippen molar-refractivity contribution in [1.82, 2.24) is 4.90 Å². The lowest BCUT2D eigenvalue weighted by Crippen LogP contribution is -2.31. The molecule has 0 saturated heterocycles. The molecule has 106 valence electrons. The maximum absolute atomic E-state index is 6.21. The second kappa shape index (κ2) is 7.31. The fourth-order valence-electron chi connectivity index (χ4n) is 3.03. The molecule has 1 nitrogen and oxygen atoms in total. The average Bonchev–Trinajstić information content (AvgIpc) is 2.33. The van der Waals surface area contributed by atoms with Gasteiger partial charge in [0, 0.05) is 17.6 Å². The predicted octanol–water partition coefficient (Wildman–Crippen LogP) is 5.19. The third kappa shape index (κ3) is 4.50. The van der Waals surface area contributed by atoms with E-state index in [1.54, 1.807) is 0 Å². The molecule has 1 aromatic carbocycles. The van der Waals surface area contributed by atoms with Gasteiger partial charge in [-0.25, -0.2) is 0 Å². The Morgan fingerprint density at radius 2 is 1.74 bits per heavy atom. The average molecular weight is 280 g/mol. The van der Waals surface area contributed by atoms with Gasteiger partial charge in [-0.1, -0.05) is 55.8 Å². The van der Waals surface area contributed by atoms with E-state index in [0.717, 1.165) is 17.6 Å². The fourth-order valence-corrected chi connectivity index (χ4v) is 3.23. The molecular formula is C17H26ClN. The van der Waals surface area contributed by atoms with Crippen molar-refractivity contribution >= 4 is 11.6 Å². The number of nitrogens with zero attached hydrogens (tertiary/aromatic N) is 1. The third-order valence-corrected chi connectivity index (χ3v) is 4.77. The molecule has 0 heterocycles. The van der Waals surface area contributed by atoms with Gasteiger partial charge in [-0.3, -0.25) is 4.90 Å². The molecule has 1 aromatic rings. The van der Waals surface area contributed by atoms with Crippen LogP contribution in [0.4, 0.5) is 0 Å². The largest absolute Gasteiger partial charge is 0.299 e.